The highest BCUT2D eigenvalue weighted by Gasteiger charge is 2.08. The average molecular weight is 173 g/mol. The standard InChI is InChI=1S/C8H3ClF2/c1-2-5-6(10)3-4-7(11)8(5)9/h1,3-4H. The highest BCUT2D eigenvalue weighted by molar-refractivity contribution is 6.31. The summed E-state index contributed by atoms with van der Waals surface area (Å²) in [5.74, 6) is 0.568. The quantitative estimate of drug-likeness (QED) is 0.417. The van der Waals surface area contributed by atoms with Gasteiger partial charge in [0.1, 0.15) is 11.6 Å². The van der Waals surface area contributed by atoms with Gasteiger partial charge < -0.3 is 0 Å². The summed E-state index contributed by atoms with van der Waals surface area (Å²) in [6.07, 6.45) is 4.88. The lowest BCUT2D eigenvalue weighted by Crippen LogP contribution is -1.87. The van der Waals surface area contributed by atoms with Gasteiger partial charge in [0.2, 0.25) is 0 Å². The van der Waals surface area contributed by atoms with E-state index >= 15 is 0 Å². The van der Waals surface area contributed by atoms with Gasteiger partial charge in [-0.3, -0.25) is 0 Å². The van der Waals surface area contributed by atoms with Crippen molar-refractivity contribution in [2.75, 3.05) is 0 Å². The summed E-state index contributed by atoms with van der Waals surface area (Å²) < 4.78 is 25.2. The van der Waals surface area contributed by atoms with E-state index in [1.54, 1.807) is 0 Å². The fourth-order valence-electron chi connectivity index (χ4n) is 0.659. The molecular formula is C8H3ClF2. The summed E-state index contributed by atoms with van der Waals surface area (Å²) in [5.41, 5.74) is -0.230. The molecule has 1 aromatic carbocycles. The first-order valence-corrected chi connectivity index (χ1v) is 3.14. The molecule has 1 rings (SSSR count). The molecule has 0 atom stereocenters. The number of hydrogen-bond donors (Lipinski definition) is 0. The molecule has 0 aliphatic heterocycles. The maximum absolute atomic E-state index is 12.6. The molecule has 0 N–H and O–H groups in total. The minimum atomic E-state index is -0.707. The van der Waals surface area contributed by atoms with Gasteiger partial charge in [-0.1, -0.05) is 17.5 Å². The van der Waals surface area contributed by atoms with Crippen LogP contribution in [0, 0.1) is 24.0 Å². The number of halogens is 3. The van der Waals surface area contributed by atoms with Crippen LogP contribution in [0.5, 0.6) is 0 Å². The van der Waals surface area contributed by atoms with Crippen molar-refractivity contribution in [3.63, 3.8) is 0 Å². The Bertz CT molecular complexity index is 326. The lowest BCUT2D eigenvalue weighted by atomic mass is 10.2. The highest BCUT2D eigenvalue weighted by Crippen LogP contribution is 2.21. The molecule has 56 valence electrons. The Kier molecular flexibility index (Phi) is 2.11. The van der Waals surface area contributed by atoms with E-state index in [1.165, 1.54) is 0 Å². The SMILES string of the molecule is C#Cc1c(F)ccc(F)c1Cl. The normalized spacial score (nSPS) is 9.27. The zero-order valence-electron chi connectivity index (χ0n) is 5.37. The second-order valence-corrected chi connectivity index (χ2v) is 2.24. The van der Waals surface area contributed by atoms with Crippen molar-refractivity contribution in [2.24, 2.45) is 0 Å². The molecule has 0 spiro atoms. The minimum absolute atomic E-state index is 0.230. The predicted molar refractivity (Wildman–Crippen MR) is 39.3 cm³/mol. The van der Waals surface area contributed by atoms with Crippen LogP contribution in [0.1, 0.15) is 5.56 Å². The fraction of sp³-hybridized carbons (Fsp3) is 0. The molecule has 0 aromatic heterocycles. The van der Waals surface area contributed by atoms with Gasteiger partial charge >= 0.3 is 0 Å². The molecule has 0 radical (unpaired) electrons. The topological polar surface area (TPSA) is 0 Å². The molecule has 0 fully saturated rings. The molecule has 0 amide bonds. The Balaban J connectivity index is 3.44. The summed E-state index contributed by atoms with van der Waals surface area (Å²) in [6, 6.07) is 1.87. The van der Waals surface area contributed by atoms with E-state index < -0.39 is 11.6 Å². The van der Waals surface area contributed by atoms with Crippen LogP contribution in [-0.2, 0) is 0 Å². The molecular weight excluding hydrogens is 170 g/mol. The number of hydrogen-bond acceptors (Lipinski definition) is 0. The van der Waals surface area contributed by atoms with E-state index in [9.17, 15) is 8.78 Å². The van der Waals surface area contributed by atoms with Crippen LogP contribution in [0.3, 0.4) is 0 Å². The molecule has 11 heavy (non-hydrogen) atoms. The van der Waals surface area contributed by atoms with Gasteiger partial charge in [0.05, 0.1) is 10.6 Å². The molecule has 0 bridgehead atoms. The number of rotatable bonds is 0. The first kappa shape index (κ1) is 8.03. The molecule has 0 saturated heterocycles. The zero-order chi connectivity index (χ0) is 8.43. The van der Waals surface area contributed by atoms with E-state index in [1.807, 2.05) is 5.92 Å². The first-order valence-electron chi connectivity index (χ1n) is 2.77. The van der Waals surface area contributed by atoms with Crippen molar-refractivity contribution in [1.82, 2.24) is 0 Å². The van der Waals surface area contributed by atoms with Gasteiger partial charge in [-0.25, -0.2) is 8.78 Å². The second-order valence-electron chi connectivity index (χ2n) is 1.86. The van der Waals surface area contributed by atoms with Crippen molar-refractivity contribution in [2.45, 2.75) is 0 Å². The first-order chi connectivity index (χ1) is 5.16. The number of benzene rings is 1. The largest absolute Gasteiger partial charge is 0.206 e. The zero-order valence-corrected chi connectivity index (χ0v) is 6.12. The Morgan fingerprint density at radius 2 is 1.82 bits per heavy atom. The van der Waals surface area contributed by atoms with Crippen LogP contribution >= 0.6 is 11.6 Å². The van der Waals surface area contributed by atoms with Crippen LogP contribution in [0.25, 0.3) is 0 Å². The Hall–Kier alpha value is -1.07. The van der Waals surface area contributed by atoms with Crippen LogP contribution in [0.2, 0.25) is 5.02 Å². The summed E-state index contributed by atoms with van der Waals surface area (Å²) in [6.45, 7) is 0. The van der Waals surface area contributed by atoms with Crippen molar-refractivity contribution >= 4 is 11.6 Å². The van der Waals surface area contributed by atoms with Crippen molar-refractivity contribution < 1.29 is 8.78 Å². The van der Waals surface area contributed by atoms with Gasteiger partial charge in [-0.2, -0.15) is 0 Å². The maximum atomic E-state index is 12.6. The molecule has 0 heterocycles. The van der Waals surface area contributed by atoms with Crippen molar-refractivity contribution in [1.29, 1.82) is 0 Å². The highest BCUT2D eigenvalue weighted by atomic mass is 35.5. The van der Waals surface area contributed by atoms with Crippen LogP contribution in [-0.4, -0.2) is 0 Å². The average Bonchev–Trinajstić information content (AvgIpc) is 1.99. The van der Waals surface area contributed by atoms with E-state index in [-0.39, 0.29) is 10.6 Å². The minimum Gasteiger partial charge on any atom is -0.206 e. The monoisotopic (exact) mass is 172 g/mol. The molecule has 0 nitrogen and oxygen atoms in total. The summed E-state index contributed by atoms with van der Waals surface area (Å²) in [7, 11) is 0. The Morgan fingerprint density at radius 1 is 1.27 bits per heavy atom. The third-order valence-electron chi connectivity index (χ3n) is 1.19. The van der Waals surface area contributed by atoms with Crippen LogP contribution in [0.15, 0.2) is 12.1 Å². The smallest absolute Gasteiger partial charge is 0.143 e. The van der Waals surface area contributed by atoms with Gasteiger partial charge in [0, 0.05) is 0 Å². The Labute approximate surface area is 67.8 Å². The van der Waals surface area contributed by atoms with Gasteiger partial charge in [-0.05, 0) is 12.1 Å². The van der Waals surface area contributed by atoms with Crippen molar-refractivity contribution in [3.8, 4) is 12.3 Å². The predicted octanol–water partition coefficient (Wildman–Crippen LogP) is 2.60. The maximum Gasteiger partial charge on any atom is 0.143 e. The summed E-state index contributed by atoms with van der Waals surface area (Å²) in [4.78, 5) is 0. The van der Waals surface area contributed by atoms with Gasteiger partial charge in [0.25, 0.3) is 0 Å². The third kappa shape index (κ3) is 1.33. The molecule has 0 aliphatic carbocycles. The van der Waals surface area contributed by atoms with Crippen LogP contribution < -0.4 is 0 Å². The Morgan fingerprint density at radius 3 is 2.27 bits per heavy atom. The lowest BCUT2D eigenvalue weighted by molar-refractivity contribution is 0.598. The molecule has 0 aliphatic rings. The summed E-state index contributed by atoms with van der Waals surface area (Å²) >= 11 is 5.34. The third-order valence-corrected chi connectivity index (χ3v) is 1.56. The number of terminal acetylenes is 1. The van der Waals surface area contributed by atoms with Gasteiger partial charge in [-0.15, -0.1) is 6.42 Å². The molecule has 0 saturated carbocycles. The molecule has 1 aromatic rings. The van der Waals surface area contributed by atoms with E-state index in [0.717, 1.165) is 12.1 Å². The van der Waals surface area contributed by atoms with Crippen molar-refractivity contribution in [3.05, 3.63) is 34.4 Å². The fourth-order valence-corrected chi connectivity index (χ4v) is 0.867. The summed E-state index contributed by atoms with van der Waals surface area (Å²) in [5, 5.41) is -0.340. The van der Waals surface area contributed by atoms with E-state index in [2.05, 4.69) is 0 Å². The van der Waals surface area contributed by atoms with Crippen LogP contribution in [0.4, 0.5) is 8.78 Å². The van der Waals surface area contributed by atoms with E-state index in [4.69, 9.17) is 18.0 Å². The molecule has 0 unspecified atom stereocenters. The molecule has 3 heteroatoms. The van der Waals surface area contributed by atoms with Gasteiger partial charge in [0.15, 0.2) is 0 Å². The second kappa shape index (κ2) is 2.89. The van der Waals surface area contributed by atoms with E-state index in [0.29, 0.717) is 0 Å². The lowest BCUT2D eigenvalue weighted by Gasteiger charge is -1.97.